The summed E-state index contributed by atoms with van der Waals surface area (Å²) in [6.07, 6.45) is 2.75. The number of carbonyl (C=O) groups is 2. The van der Waals surface area contributed by atoms with Crippen LogP contribution < -0.4 is 15.4 Å². The number of rotatable bonds is 8. The van der Waals surface area contributed by atoms with Gasteiger partial charge in [-0.25, -0.2) is 0 Å². The van der Waals surface area contributed by atoms with Crippen LogP contribution in [0, 0.1) is 5.92 Å². The molecule has 2 aliphatic heterocycles. The molecule has 0 bridgehead atoms. The summed E-state index contributed by atoms with van der Waals surface area (Å²) < 4.78 is 17.0. The van der Waals surface area contributed by atoms with Gasteiger partial charge in [0.2, 0.25) is 11.8 Å². The molecule has 3 N–H and O–H groups in total. The molecule has 2 heterocycles. The van der Waals surface area contributed by atoms with Crippen LogP contribution in [0.1, 0.15) is 43.6 Å². The van der Waals surface area contributed by atoms with Gasteiger partial charge in [-0.3, -0.25) is 9.59 Å². The number of hydrogen-bond acceptors (Lipinski definition) is 6. The lowest BCUT2D eigenvalue weighted by molar-refractivity contribution is -0.142. The lowest BCUT2D eigenvalue weighted by atomic mass is 9.83. The molecule has 2 amide bonds. The second-order valence-electron chi connectivity index (χ2n) is 8.32. The average Bonchev–Trinajstić information content (AvgIpc) is 3.04. The van der Waals surface area contributed by atoms with Crippen molar-refractivity contribution in [3.63, 3.8) is 0 Å². The maximum Gasteiger partial charge on any atom is 0.227 e. The molecule has 4 atom stereocenters. The fourth-order valence-corrected chi connectivity index (χ4v) is 4.45. The van der Waals surface area contributed by atoms with Gasteiger partial charge in [-0.15, -0.1) is 0 Å². The predicted octanol–water partition coefficient (Wildman–Crippen LogP) is 1.57. The fraction of sp³-hybridized carbons (Fsp3) is 0.636. The van der Waals surface area contributed by atoms with E-state index in [2.05, 4.69) is 10.6 Å². The van der Waals surface area contributed by atoms with Gasteiger partial charge < -0.3 is 30.0 Å². The molecule has 1 saturated heterocycles. The summed E-state index contributed by atoms with van der Waals surface area (Å²) in [6, 6.07) is 5.68. The minimum atomic E-state index is -0.499. The molecule has 30 heavy (non-hydrogen) atoms. The van der Waals surface area contributed by atoms with Crippen LogP contribution in [0.3, 0.4) is 0 Å². The van der Waals surface area contributed by atoms with Crippen molar-refractivity contribution in [3.8, 4) is 5.75 Å². The van der Waals surface area contributed by atoms with Gasteiger partial charge in [0.25, 0.3) is 0 Å². The van der Waals surface area contributed by atoms with E-state index in [4.69, 9.17) is 14.2 Å². The van der Waals surface area contributed by atoms with Crippen LogP contribution in [0.15, 0.2) is 18.2 Å². The number of benzene rings is 1. The minimum absolute atomic E-state index is 0.00299. The molecule has 1 aromatic carbocycles. The first-order valence-electron chi connectivity index (χ1n) is 10.7. The first kappa shape index (κ1) is 21.1. The number of amides is 2. The number of nitrogens with one attached hydrogen (secondary N) is 2. The van der Waals surface area contributed by atoms with Gasteiger partial charge in [0, 0.05) is 36.7 Å². The van der Waals surface area contributed by atoms with Crippen LogP contribution in [0.4, 0.5) is 5.69 Å². The summed E-state index contributed by atoms with van der Waals surface area (Å²) in [6.45, 7) is 0.730. The van der Waals surface area contributed by atoms with E-state index < -0.39 is 6.10 Å². The van der Waals surface area contributed by atoms with Gasteiger partial charge in [-0.2, -0.15) is 0 Å². The van der Waals surface area contributed by atoms with Gasteiger partial charge in [0.15, 0.2) is 0 Å². The van der Waals surface area contributed by atoms with Gasteiger partial charge >= 0.3 is 0 Å². The van der Waals surface area contributed by atoms with Crippen molar-refractivity contribution >= 4 is 17.5 Å². The summed E-state index contributed by atoms with van der Waals surface area (Å²) in [4.78, 5) is 24.5. The van der Waals surface area contributed by atoms with Gasteiger partial charge in [-0.1, -0.05) is 6.42 Å². The van der Waals surface area contributed by atoms with E-state index in [0.717, 1.165) is 36.3 Å². The molecule has 0 unspecified atom stereocenters. The van der Waals surface area contributed by atoms with Gasteiger partial charge in [0.1, 0.15) is 18.0 Å². The second kappa shape index (κ2) is 9.32. The molecular formula is C22H30N2O6. The third-order valence-electron chi connectivity index (χ3n) is 6.28. The lowest BCUT2D eigenvalue weighted by Crippen LogP contribution is -2.47. The first-order chi connectivity index (χ1) is 14.6. The Morgan fingerprint density at radius 2 is 2.13 bits per heavy atom. The minimum Gasteiger partial charge on any atom is -0.487 e. The van der Waals surface area contributed by atoms with Gasteiger partial charge in [0.05, 0.1) is 25.7 Å². The number of hydrogen-bond donors (Lipinski definition) is 3. The van der Waals surface area contributed by atoms with Crippen molar-refractivity contribution in [1.29, 1.82) is 0 Å². The number of ether oxygens (including phenoxy) is 3. The van der Waals surface area contributed by atoms with E-state index in [1.54, 1.807) is 7.11 Å². The van der Waals surface area contributed by atoms with Crippen LogP contribution in [0.25, 0.3) is 0 Å². The Labute approximate surface area is 176 Å². The number of anilines is 1. The predicted molar refractivity (Wildman–Crippen MR) is 109 cm³/mol. The van der Waals surface area contributed by atoms with Gasteiger partial charge in [-0.05, 0) is 37.5 Å². The monoisotopic (exact) mass is 418 g/mol. The van der Waals surface area contributed by atoms with Crippen molar-refractivity contribution in [2.24, 2.45) is 5.92 Å². The Morgan fingerprint density at radius 1 is 1.30 bits per heavy atom. The highest BCUT2D eigenvalue weighted by atomic mass is 16.6. The molecule has 8 nitrogen and oxygen atoms in total. The van der Waals surface area contributed by atoms with E-state index in [9.17, 15) is 14.7 Å². The van der Waals surface area contributed by atoms with E-state index in [1.165, 1.54) is 0 Å². The second-order valence-corrected chi connectivity index (χ2v) is 8.32. The maximum absolute atomic E-state index is 12.3. The Balaban J connectivity index is 1.44. The molecule has 2 fully saturated rings. The number of aliphatic hydroxyl groups is 1. The standard InChI is InChI=1S/C22H30N2O6/c1-28-8-7-23-20(26)11-15-10-17-16-9-14(24-22(27)13-3-2-4-13)5-6-18(16)30-21(17)19(12-25)29-15/h5-6,9,13,15,17,19,21,25H,2-4,7-8,10-12H2,1H3,(H,23,26)(H,24,27)/t15-,17-,19-,21+/m0/s1. The van der Waals surface area contributed by atoms with Crippen LogP contribution in [0.2, 0.25) is 0 Å². The highest BCUT2D eigenvalue weighted by molar-refractivity contribution is 5.93. The number of methoxy groups -OCH3 is 1. The molecule has 4 rings (SSSR count). The lowest BCUT2D eigenvalue weighted by Gasteiger charge is -2.37. The molecule has 1 aliphatic carbocycles. The molecule has 0 radical (unpaired) electrons. The highest BCUT2D eigenvalue weighted by Crippen LogP contribution is 2.47. The SMILES string of the molecule is COCCNC(=O)C[C@@H]1C[C@H]2c3cc(NC(=O)C4CCC4)ccc3O[C@H]2[C@H](CO)O1. The topological polar surface area (TPSA) is 106 Å². The molecular weight excluding hydrogens is 388 g/mol. The van der Waals surface area contributed by atoms with E-state index in [0.29, 0.717) is 19.6 Å². The summed E-state index contributed by atoms with van der Waals surface area (Å²) in [5.74, 6) is 0.836. The van der Waals surface area contributed by atoms with Crippen LogP contribution in [-0.2, 0) is 19.1 Å². The van der Waals surface area contributed by atoms with Crippen molar-refractivity contribution in [2.45, 2.75) is 56.3 Å². The zero-order valence-electron chi connectivity index (χ0n) is 17.3. The summed E-state index contributed by atoms with van der Waals surface area (Å²) in [5.41, 5.74) is 1.76. The van der Waals surface area contributed by atoms with Crippen LogP contribution in [0.5, 0.6) is 5.75 Å². The summed E-state index contributed by atoms with van der Waals surface area (Å²) in [5, 5.41) is 15.7. The molecule has 8 heteroatoms. The van der Waals surface area contributed by atoms with Crippen molar-refractivity contribution in [2.75, 3.05) is 32.2 Å². The first-order valence-corrected chi connectivity index (χ1v) is 10.7. The normalized spacial score (nSPS) is 27.4. The third kappa shape index (κ3) is 4.45. The van der Waals surface area contributed by atoms with E-state index in [1.807, 2.05) is 18.2 Å². The molecule has 0 spiro atoms. The Morgan fingerprint density at radius 3 is 2.83 bits per heavy atom. The smallest absolute Gasteiger partial charge is 0.227 e. The van der Waals surface area contributed by atoms with Crippen LogP contribution >= 0.6 is 0 Å². The van der Waals surface area contributed by atoms with E-state index >= 15 is 0 Å². The molecule has 164 valence electrons. The zero-order chi connectivity index (χ0) is 21.1. The summed E-state index contributed by atoms with van der Waals surface area (Å²) in [7, 11) is 1.59. The number of aliphatic hydroxyl groups excluding tert-OH is 1. The molecule has 1 saturated carbocycles. The Bertz CT molecular complexity index is 781. The van der Waals surface area contributed by atoms with Crippen molar-refractivity contribution in [3.05, 3.63) is 23.8 Å². The van der Waals surface area contributed by atoms with Crippen molar-refractivity contribution < 1.29 is 28.9 Å². The Kier molecular flexibility index (Phi) is 6.55. The fourth-order valence-electron chi connectivity index (χ4n) is 4.45. The maximum atomic E-state index is 12.3. The van der Waals surface area contributed by atoms with E-state index in [-0.39, 0.29) is 48.9 Å². The quantitative estimate of drug-likeness (QED) is 0.554. The van der Waals surface area contributed by atoms with Crippen LogP contribution in [-0.4, -0.2) is 62.1 Å². The third-order valence-corrected chi connectivity index (χ3v) is 6.28. The summed E-state index contributed by atoms with van der Waals surface area (Å²) >= 11 is 0. The molecule has 1 aromatic rings. The largest absolute Gasteiger partial charge is 0.487 e. The molecule has 3 aliphatic rings. The molecule has 0 aromatic heterocycles. The van der Waals surface area contributed by atoms with Crippen molar-refractivity contribution in [1.82, 2.24) is 5.32 Å². The average molecular weight is 418 g/mol. The Hall–Kier alpha value is -2.16. The number of fused-ring (bicyclic) bond motifs is 3. The highest BCUT2D eigenvalue weighted by Gasteiger charge is 2.46. The number of carbonyl (C=O) groups excluding carboxylic acids is 2. The zero-order valence-corrected chi connectivity index (χ0v) is 17.3.